The molecule has 188 valence electrons. The zero-order valence-corrected chi connectivity index (χ0v) is 21.0. The van der Waals surface area contributed by atoms with Crippen molar-refractivity contribution in [1.29, 1.82) is 0 Å². The Bertz CT molecular complexity index is 1350. The van der Waals surface area contributed by atoms with Gasteiger partial charge in [-0.25, -0.2) is 4.79 Å². The largest absolute Gasteiger partial charge is 0.489 e. The summed E-state index contributed by atoms with van der Waals surface area (Å²) in [6, 6.07) is 27.3. The van der Waals surface area contributed by atoms with Crippen LogP contribution in [0.1, 0.15) is 16.9 Å². The van der Waals surface area contributed by atoms with Crippen molar-refractivity contribution >= 4 is 29.6 Å². The van der Waals surface area contributed by atoms with Crippen LogP contribution < -0.4 is 10.1 Å². The van der Waals surface area contributed by atoms with Crippen LogP contribution in [0, 0.1) is 0 Å². The van der Waals surface area contributed by atoms with Crippen molar-refractivity contribution < 1.29 is 23.5 Å². The predicted molar refractivity (Wildman–Crippen MR) is 143 cm³/mol. The van der Waals surface area contributed by atoms with E-state index in [1.807, 2.05) is 72.8 Å². The fraction of sp³-hybridized carbons (Fsp3) is 0.133. The minimum absolute atomic E-state index is 0.271. The molecule has 0 radical (unpaired) electrons. The van der Waals surface area contributed by atoms with Crippen LogP contribution in [-0.4, -0.2) is 25.0 Å². The number of esters is 1. The molecule has 7 heteroatoms. The molecule has 1 aromatic heterocycles. The van der Waals surface area contributed by atoms with Gasteiger partial charge in [-0.05, 0) is 65.7 Å². The summed E-state index contributed by atoms with van der Waals surface area (Å²) in [6.07, 6.45) is 3.13. The van der Waals surface area contributed by atoms with E-state index in [4.69, 9.17) is 25.5 Å². The van der Waals surface area contributed by atoms with Crippen molar-refractivity contribution in [2.75, 3.05) is 7.11 Å². The maximum absolute atomic E-state index is 12.5. The molecule has 0 aliphatic rings. The average Bonchev–Trinajstić information content (AvgIpc) is 3.41. The van der Waals surface area contributed by atoms with Crippen molar-refractivity contribution in [2.24, 2.45) is 0 Å². The van der Waals surface area contributed by atoms with Crippen LogP contribution in [0.5, 0.6) is 5.75 Å². The van der Waals surface area contributed by atoms with Crippen molar-refractivity contribution in [2.45, 2.75) is 19.1 Å². The molecule has 3 aromatic carbocycles. The number of benzene rings is 3. The lowest BCUT2D eigenvalue weighted by Gasteiger charge is -2.16. The number of carbonyl (C=O) groups excluding carboxylic acids is 2. The van der Waals surface area contributed by atoms with Gasteiger partial charge < -0.3 is 19.2 Å². The highest BCUT2D eigenvalue weighted by Gasteiger charge is 2.21. The van der Waals surface area contributed by atoms with Gasteiger partial charge in [-0.15, -0.1) is 0 Å². The summed E-state index contributed by atoms with van der Waals surface area (Å²) in [7, 11) is 1.29. The lowest BCUT2D eigenvalue weighted by atomic mass is 10.1. The second-order valence-electron chi connectivity index (χ2n) is 8.25. The Hall–Kier alpha value is -4.29. The van der Waals surface area contributed by atoms with Gasteiger partial charge in [-0.3, -0.25) is 4.79 Å². The van der Waals surface area contributed by atoms with Gasteiger partial charge in [0, 0.05) is 23.1 Å². The van der Waals surface area contributed by atoms with E-state index in [1.54, 1.807) is 24.3 Å². The fourth-order valence-electron chi connectivity index (χ4n) is 3.62. The van der Waals surface area contributed by atoms with Gasteiger partial charge in [0.05, 0.1) is 7.11 Å². The minimum atomic E-state index is -0.848. The van der Waals surface area contributed by atoms with Gasteiger partial charge in [-0.2, -0.15) is 0 Å². The maximum atomic E-state index is 12.5. The SMILES string of the molecule is COC(=O)C(Cc1ccc(OCc2ccccc2)cc1)NC(=O)/C=C/c1ccc(-c2ccc(Cl)cc2)o1. The van der Waals surface area contributed by atoms with Gasteiger partial charge in [0.2, 0.25) is 5.91 Å². The summed E-state index contributed by atoms with van der Waals surface area (Å²) in [5.41, 5.74) is 2.80. The minimum Gasteiger partial charge on any atom is -0.489 e. The van der Waals surface area contributed by atoms with Crippen molar-refractivity contribution in [3.8, 4) is 17.1 Å². The summed E-state index contributed by atoms with van der Waals surface area (Å²) in [6.45, 7) is 0.463. The molecule has 0 aliphatic carbocycles. The molecule has 4 aromatic rings. The van der Waals surface area contributed by atoms with Crippen LogP contribution in [0.4, 0.5) is 0 Å². The lowest BCUT2D eigenvalue weighted by molar-refractivity contribution is -0.144. The van der Waals surface area contributed by atoms with Gasteiger partial charge in [0.1, 0.15) is 29.9 Å². The number of carbonyl (C=O) groups is 2. The van der Waals surface area contributed by atoms with Gasteiger partial charge in [0.25, 0.3) is 0 Å². The first-order chi connectivity index (χ1) is 18.0. The lowest BCUT2D eigenvalue weighted by Crippen LogP contribution is -2.42. The Kier molecular flexibility index (Phi) is 8.79. The third kappa shape index (κ3) is 7.59. The number of ether oxygens (including phenoxy) is 2. The van der Waals surface area contributed by atoms with E-state index in [1.165, 1.54) is 13.2 Å². The van der Waals surface area contributed by atoms with Crippen molar-refractivity contribution in [1.82, 2.24) is 5.32 Å². The summed E-state index contributed by atoms with van der Waals surface area (Å²) in [4.78, 5) is 24.9. The van der Waals surface area contributed by atoms with Gasteiger partial charge in [-0.1, -0.05) is 54.1 Å². The monoisotopic (exact) mass is 515 g/mol. The smallest absolute Gasteiger partial charge is 0.328 e. The number of rotatable bonds is 10. The summed E-state index contributed by atoms with van der Waals surface area (Å²) < 4.78 is 16.5. The topological polar surface area (TPSA) is 77.8 Å². The van der Waals surface area contributed by atoms with Crippen LogP contribution in [0.2, 0.25) is 5.02 Å². The molecule has 37 heavy (non-hydrogen) atoms. The van der Waals surface area contributed by atoms with E-state index in [-0.39, 0.29) is 6.42 Å². The summed E-state index contributed by atoms with van der Waals surface area (Å²) >= 11 is 5.93. The standard InChI is InChI=1S/C30H26ClNO5/c1-35-30(34)27(19-21-7-13-25(14-8-21)36-20-22-5-3-2-4-6-22)32-29(33)18-16-26-15-17-28(37-26)23-9-11-24(31)12-10-23/h2-18,27H,19-20H2,1H3,(H,32,33)/b18-16+. The molecule has 1 heterocycles. The van der Waals surface area contributed by atoms with E-state index in [0.717, 1.165) is 16.7 Å². The molecular formula is C30H26ClNO5. The molecule has 1 atom stereocenters. The first-order valence-corrected chi connectivity index (χ1v) is 12.1. The van der Waals surface area contributed by atoms with E-state index >= 15 is 0 Å². The van der Waals surface area contributed by atoms with E-state index < -0.39 is 17.9 Å². The van der Waals surface area contributed by atoms with Gasteiger partial charge >= 0.3 is 5.97 Å². The van der Waals surface area contributed by atoms with Crippen LogP contribution in [0.25, 0.3) is 17.4 Å². The molecule has 0 aliphatic heterocycles. The van der Waals surface area contributed by atoms with Crippen LogP contribution in [-0.2, 0) is 27.4 Å². The third-order valence-corrected chi connectivity index (χ3v) is 5.82. The number of hydrogen-bond acceptors (Lipinski definition) is 5. The van der Waals surface area contributed by atoms with E-state index in [9.17, 15) is 9.59 Å². The number of nitrogens with one attached hydrogen (secondary N) is 1. The molecule has 0 saturated heterocycles. The Morgan fingerprint density at radius 3 is 2.35 bits per heavy atom. The first kappa shape index (κ1) is 25.8. The molecule has 6 nitrogen and oxygen atoms in total. The van der Waals surface area contributed by atoms with Crippen LogP contribution in [0.3, 0.4) is 0 Å². The number of hydrogen-bond donors (Lipinski definition) is 1. The quantitative estimate of drug-likeness (QED) is 0.204. The summed E-state index contributed by atoms with van der Waals surface area (Å²) in [5.74, 6) is 0.892. The Balaban J connectivity index is 1.34. The zero-order valence-electron chi connectivity index (χ0n) is 20.2. The molecule has 0 spiro atoms. The summed E-state index contributed by atoms with van der Waals surface area (Å²) in [5, 5.41) is 3.34. The molecule has 4 rings (SSSR count). The Morgan fingerprint density at radius 2 is 1.65 bits per heavy atom. The molecular weight excluding hydrogens is 490 g/mol. The highest BCUT2D eigenvalue weighted by atomic mass is 35.5. The zero-order chi connectivity index (χ0) is 26.0. The van der Waals surface area contributed by atoms with E-state index in [2.05, 4.69) is 5.32 Å². The first-order valence-electron chi connectivity index (χ1n) is 11.7. The van der Waals surface area contributed by atoms with Crippen LogP contribution >= 0.6 is 11.6 Å². The normalized spacial score (nSPS) is 11.7. The highest BCUT2D eigenvalue weighted by molar-refractivity contribution is 6.30. The number of furan rings is 1. The highest BCUT2D eigenvalue weighted by Crippen LogP contribution is 2.24. The van der Waals surface area contributed by atoms with Crippen molar-refractivity contribution in [3.63, 3.8) is 0 Å². The molecule has 1 N–H and O–H groups in total. The predicted octanol–water partition coefficient (Wildman–Crippen LogP) is 6.09. The maximum Gasteiger partial charge on any atom is 0.328 e. The van der Waals surface area contributed by atoms with E-state index in [0.29, 0.717) is 28.9 Å². The van der Waals surface area contributed by atoms with Crippen LogP contribution in [0.15, 0.2) is 101 Å². The number of methoxy groups -OCH3 is 1. The molecule has 1 unspecified atom stereocenters. The van der Waals surface area contributed by atoms with Gasteiger partial charge in [0.15, 0.2) is 0 Å². The number of amides is 1. The Labute approximate surface area is 220 Å². The fourth-order valence-corrected chi connectivity index (χ4v) is 3.75. The second kappa shape index (κ2) is 12.6. The molecule has 1 amide bonds. The molecule has 0 saturated carbocycles. The number of halogens is 1. The molecule has 0 fully saturated rings. The van der Waals surface area contributed by atoms with Crippen molar-refractivity contribution in [3.05, 3.63) is 119 Å². The molecule has 0 bridgehead atoms. The Morgan fingerprint density at radius 1 is 0.919 bits per heavy atom. The second-order valence-corrected chi connectivity index (χ2v) is 8.69. The average molecular weight is 516 g/mol. The third-order valence-electron chi connectivity index (χ3n) is 5.57.